The van der Waals surface area contributed by atoms with E-state index in [2.05, 4.69) is 31.3 Å². The fourth-order valence-electron chi connectivity index (χ4n) is 3.33. The number of rotatable bonds is 7. The Labute approximate surface area is 218 Å². The third kappa shape index (κ3) is 5.34. The van der Waals surface area contributed by atoms with Crippen molar-refractivity contribution in [2.75, 3.05) is 19.0 Å². The molecule has 4 aromatic rings. The van der Waals surface area contributed by atoms with Gasteiger partial charge in [0.1, 0.15) is 5.02 Å². The molecule has 36 heavy (non-hydrogen) atoms. The lowest BCUT2D eigenvalue weighted by Crippen LogP contribution is -2.32. The minimum Gasteiger partial charge on any atom is -0.493 e. The highest BCUT2D eigenvalue weighted by atomic mass is 79.9. The Kier molecular flexibility index (Phi) is 7.56. The van der Waals surface area contributed by atoms with E-state index in [9.17, 15) is 14.4 Å². The monoisotopic (exact) mass is 570 g/mol. The van der Waals surface area contributed by atoms with Crippen LogP contribution in [-0.2, 0) is 4.79 Å². The molecule has 1 amide bonds. The van der Waals surface area contributed by atoms with Gasteiger partial charge in [0.25, 0.3) is 11.5 Å². The van der Waals surface area contributed by atoms with E-state index in [0.29, 0.717) is 26.6 Å². The van der Waals surface area contributed by atoms with Gasteiger partial charge in [-0.3, -0.25) is 9.59 Å². The van der Waals surface area contributed by atoms with E-state index in [1.807, 2.05) is 19.1 Å². The molecule has 9 nitrogen and oxygen atoms in total. The number of para-hydroxylation sites is 1. The summed E-state index contributed by atoms with van der Waals surface area (Å²) in [5, 5.41) is 7.22. The highest BCUT2D eigenvalue weighted by molar-refractivity contribution is 9.10. The van der Waals surface area contributed by atoms with Gasteiger partial charge in [0.2, 0.25) is 0 Å². The topological polar surface area (TPSA) is 115 Å². The Morgan fingerprint density at radius 2 is 1.92 bits per heavy atom. The number of nitrogens with one attached hydrogen (secondary N) is 2. The van der Waals surface area contributed by atoms with Crippen LogP contribution in [0.5, 0.6) is 11.5 Å². The molecule has 1 heterocycles. The summed E-state index contributed by atoms with van der Waals surface area (Å²) in [6, 6.07) is 15.5. The number of halogens is 2. The minimum absolute atomic E-state index is 0.124. The van der Waals surface area contributed by atoms with E-state index in [0.717, 1.165) is 10.2 Å². The van der Waals surface area contributed by atoms with Crippen LogP contribution >= 0.6 is 27.5 Å². The van der Waals surface area contributed by atoms with Gasteiger partial charge in [-0.25, -0.2) is 4.79 Å². The fraction of sp³-hybridized carbons (Fsp3) is 0.120. The maximum atomic E-state index is 12.7. The Hall–Kier alpha value is -3.89. The zero-order valence-corrected chi connectivity index (χ0v) is 21.5. The fourth-order valence-corrected chi connectivity index (χ4v) is 3.99. The van der Waals surface area contributed by atoms with Gasteiger partial charge >= 0.3 is 5.69 Å². The summed E-state index contributed by atoms with van der Waals surface area (Å²) < 4.78 is 12.1. The number of nitrogens with zero attached hydrogens (tertiary/aromatic N) is 2. The lowest BCUT2D eigenvalue weighted by Gasteiger charge is -2.15. The summed E-state index contributed by atoms with van der Waals surface area (Å²) in [6.07, 6.45) is 1.29. The predicted octanol–water partition coefficient (Wildman–Crippen LogP) is 4.32. The van der Waals surface area contributed by atoms with Crippen LogP contribution in [0.25, 0.3) is 10.9 Å². The lowest BCUT2D eigenvalue weighted by atomic mass is 10.2. The molecule has 4 rings (SSSR count). The molecular formula is C25H20BrClN4O5. The molecule has 0 saturated carbocycles. The molecule has 0 saturated heterocycles. The number of methoxy groups -OCH3 is 1. The van der Waals surface area contributed by atoms with Gasteiger partial charge in [0, 0.05) is 15.7 Å². The van der Waals surface area contributed by atoms with Crippen LogP contribution in [0.1, 0.15) is 11.1 Å². The van der Waals surface area contributed by atoms with Crippen LogP contribution < -0.4 is 26.0 Å². The van der Waals surface area contributed by atoms with E-state index in [1.54, 1.807) is 42.5 Å². The van der Waals surface area contributed by atoms with Crippen molar-refractivity contribution in [3.05, 3.63) is 96.1 Å². The molecule has 0 radical (unpaired) electrons. The number of carbonyl (C=O) groups is 1. The van der Waals surface area contributed by atoms with Crippen LogP contribution in [0.15, 0.2) is 73.8 Å². The number of carbonyl (C=O) groups excluding carboxylic acids is 1. The summed E-state index contributed by atoms with van der Waals surface area (Å²) in [5.41, 5.74) is 1.27. The largest absolute Gasteiger partial charge is 0.493 e. The van der Waals surface area contributed by atoms with Gasteiger partial charge in [-0.15, -0.1) is 4.68 Å². The normalized spacial score (nSPS) is 11.1. The number of H-pyrrole nitrogens is 1. The molecule has 0 unspecified atom stereocenters. The summed E-state index contributed by atoms with van der Waals surface area (Å²) in [5.74, 6) is -0.0100. The zero-order valence-electron chi connectivity index (χ0n) is 19.2. The number of amides is 1. The number of benzene rings is 3. The average Bonchev–Trinajstić information content (AvgIpc) is 2.87. The van der Waals surface area contributed by atoms with Crippen LogP contribution in [0, 0.1) is 6.92 Å². The van der Waals surface area contributed by atoms with Crippen molar-refractivity contribution in [3.63, 3.8) is 0 Å². The molecule has 0 aliphatic carbocycles. The predicted molar refractivity (Wildman–Crippen MR) is 143 cm³/mol. The summed E-state index contributed by atoms with van der Waals surface area (Å²) >= 11 is 9.86. The zero-order chi connectivity index (χ0) is 25.8. The summed E-state index contributed by atoms with van der Waals surface area (Å²) in [7, 11) is 1.41. The van der Waals surface area contributed by atoms with E-state index < -0.39 is 11.2 Å². The highest BCUT2D eigenvalue weighted by Gasteiger charge is 2.18. The molecule has 0 atom stereocenters. The minimum atomic E-state index is -0.691. The number of anilines is 1. The van der Waals surface area contributed by atoms with Crippen LogP contribution in [0.4, 0.5) is 5.69 Å². The second kappa shape index (κ2) is 10.8. The first-order valence-corrected chi connectivity index (χ1v) is 11.8. The van der Waals surface area contributed by atoms with E-state index in [-0.39, 0.29) is 29.0 Å². The Balaban J connectivity index is 1.58. The van der Waals surface area contributed by atoms with Crippen molar-refractivity contribution in [2.24, 2.45) is 5.10 Å². The number of hydrogen-bond acceptors (Lipinski definition) is 6. The van der Waals surface area contributed by atoms with Gasteiger partial charge in [-0.2, -0.15) is 5.10 Å². The van der Waals surface area contributed by atoms with Crippen LogP contribution in [0.3, 0.4) is 0 Å². The van der Waals surface area contributed by atoms with Crippen molar-refractivity contribution in [1.29, 1.82) is 0 Å². The second-order valence-corrected chi connectivity index (χ2v) is 8.84. The molecule has 1 aromatic heterocycles. The molecule has 0 fully saturated rings. The van der Waals surface area contributed by atoms with Crippen molar-refractivity contribution >= 4 is 56.2 Å². The number of aromatic nitrogens is 2. The first-order valence-electron chi connectivity index (χ1n) is 10.6. The van der Waals surface area contributed by atoms with Crippen molar-refractivity contribution in [3.8, 4) is 11.5 Å². The molecule has 11 heteroatoms. The second-order valence-electron chi connectivity index (χ2n) is 7.67. The standard InChI is InChI=1S/C25H20BrClN4O5/c1-14-7-9-16(10-8-14)29-20(32)13-36-23-19(35-2)11-15(21(26)22(23)27)12-28-31-24(33)17-5-3-4-6-18(17)30-25(31)34/h3-12H,13H2,1-2H3,(H,29,32)(H,30,34). The molecular weight excluding hydrogens is 552 g/mol. The lowest BCUT2D eigenvalue weighted by molar-refractivity contribution is -0.118. The van der Waals surface area contributed by atoms with Crippen molar-refractivity contribution in [1.82, 2.24) is 9.66 Å². The van der Waals surface area contributed by atoms with E-state index in [4.69, 9.17) is 21.1 Å². The van der Waals surface area contributed by atoms with Gasteiger partial charge in [0.05, 0.1) is 24.2 Å². The van der Waals surface area contributed by atoms with Gasteiger partial charge in [-0.1, -0.05) is 41.4 Å². The van der Waals surface area contributed by atoms with Gasteiger partial charge in [-0.05, 0) is 53.2 Å². The van der Waals surface area contributed by atoms with Gasteiger partial charge < -0.3 is 19.8 Å². The average molecular weight is 572 g/mol. The molecule has 0 aliphatic heterocycles. The Morgan fingerprint density at radius 1 is 1.19 bits per heavy atom. The molecule has 0 bridgehead atoms. The van der Waals surface area contributed by atoms with E-state index in [1.165, 1.54) is 13.3 Å². The molecule has 0 spiro atoms. The van der Waals surface area contributed by atoms with Gasteiger partial charge in [0.15, 0.2) is 18.1 Å². The third-order valence-corrected chi connectivity index (χ3v) is 6.60. The number of aromatic amines is 1. The molecule has 2 N–H and O–H groups in total. The maximum absolute atomic E-state index is 12.7. The summed E-state index contributed by atoms with van der Waals surface area (Å²) in [6.45, 7) is 1.64. The first-order chi connectivity index (χ1) is 17.3. The van der Waals surface area contributed by atoms with Crippen LogP contribution in [-0.4, -0.2) is 35.5 Å². The van der Waals surface area contributed by atoms with Crippen molar-refractivity contribution < 1.29 is 14.3 Å². The third-order valence-electron chi connectivity index (χ3n) is 5.15. The quantitative estimate of drug-likeness (QED) is 0.321. The Morgan fingerprint density at radius 3 is 2.64 bits per heavy atom. The maximum Gasteiger partial charge on any atom is 0.349 e. The number of fused-ring (bicyclic) bond motifs is 1. The molecule has 184 valence electrons. The SMILES string of the molecule is COc1cc(C=Nn2c(=O)[nH]c3ccccc3c2=O)c(Br)c(Cl)c1OCC(=O)Nc1ccc(C)cc1. The number of ether oxygens (including phenoxy) is 2. The van der Waals surface area contributed by atoms with E-state index >= 15 is 0 Å². The smallest absolute Gasteiger partial charge is 0.349 e. The summed E-state index contributed by atoms with van der Waals surface area (Å²) in [4.78, 5) is 40.0. The first kappa shape index (κ1) is 25.2. The molecule has 3 aromatic carbocycles. The number of hydrogen-bond donors (Lipinski definition) is 2. The molecule has 0 aliphatic rings. The van der Waals surface area contributed by atoms with Crippen LogP contribution in [0.2, 0.25) is 5.02 Å². The highest BCUT2D eigenvalue weighted by Crippen LogP contribution is 2.42. The number of aryl methyl sites for hydroxylation is 1. The Bertz CT molecular complexity index is 1600. The van der Waals surface area contributed by atoms with Crippen molar-refractivity contribution in [2.45, 2.75) is 6.92 Å².